The standard InChI is InChI=1S/C16H25NO3/c1-4-13(5-2)15(18)10-17-16(19)11-20-14-8-6-7-12(3)9-14/h6-9,13,15,18H,4-5,10-11H2,1-3H3,(H,17,19). The monoisotopic (exact) mass is 279 g/mol. The van der Waals surface area contributed by atoms with Gasteiger partial charge in [0.05, 0.1) is 6.10 Å². The fraction of sp³-hybridized carbons (Fsp3) is 0.562. The lowest BCUT2D eigenvalue weighted by Crippen LogP contribution is -2.38. The number of aryl methyl sites for hydroxylation is 1. The fourth-order valence-corrected chi connectivity index (χ4v) is 2.12. The number of nitrogens with one attached hydrogen (secondary N) is 1. The normalized spacial score (nSPS) is 12.2. The van der Waals surface area contributed by atoms with Gasteiger partial charge in [0.25, 0.3) is 5.91 Å². The SMILES string of the molecule is CCC(CC)C(O)CNC(=O)COc1cccc(C)c1. The summed E-state index contributed by atoms with van der Waals surface area (Å²) in [6, 6.07) is 7.56. The van der Waals surface area contributed by atoms with E-state index in [1.54, 1.807) is 0 Å². The van der Waals surface area contributed by atoms with Crippen molar-refractivity contribution in [1.29, 1.82) is 0 Å². The predicted octanol–water partition coefficient (Wildman–Crippen LogP) is 2.29. The molecule has 20 heavy (non-hydrogen) atoms. The number of benzene rings is 1. The first-order chi connectivity index (χ1) is 9.56. The lowest BCUT2D eigenvalue weighted by Gasteiger charge is -2.20. The molecule has 0 radical (unpaired) electrons. The lowest BCUT2D eigenvalue weighted by molar-refractivity contribution is -0.123. The second-order valence-corrected chi connectivity index (χ2v) is 5.05. The highest BCUT2D eigenvalue weighted by atomic mass is 16.5. The van der Waals surface area contributed by atoms with Crippen LogP contribution in [0.25, 0.3) is 0 Å². The Morgan fingerprint density at radius 3 is 2.65 bits per heavy atom. The van der Waals surface area contributed by atoms with Crippen molar-refractivity contribution >= 4 is 5.91 Å². The van der Waals surface area contributed by atoms with Gasteiger partial charge in [0.15, 0.2) is 6.61 Å². The van der Waals surface area contributed by atoms with Crippen LogP contribution in [-0.4, -0.2) is 30.3 Å². The van der Waals surface area contributed by atoms with E-state index in [-0.39, 0.29) is 25.0 Å². The molecule has 0 aliphatic carbocycles. The Bertz CT molecular complexity index is 416. The molecule has 1 atom stereocenters. The molecule has 0 aromatic heterocycles. The summed E-state index contributed by atoms with van der Waals surface area (Å²) in [5.41, 5.74) is 1.09. The van der Waals surface area contributed by atoms with Crippen LogP contribution in [0.3, 0.4) is 0 Å². The van der Waals surface area contributed by atoms with Crippen molar-refractivity contribution in [3.05, 3.63) is 29.8 Å². The molecule has 2 N–H and O–H groups in total. The van der Waals surface area contributed by atoms with Crippen LogP contribution in [0.2, 0.25) is 0 Å². The van der Waals surface area contributed by atoms with Gasteiger partial charge in [-0.15, -0.1) is 0 Å². The van der Waals surface area contributed by atoms with Gasteiger partial charge in [0.2, 0.25) is 0 Å². The number of aliphatic hydroxyl groups is 1. The molecule has 0 bridgehead atoms. The second-order valence-electron chi connectivity index (χ2n) is 5.05. The summed E-state index contributed by atoms with van der Waals surface area (Å²) in [6.45, 7) is 6.31. The Hall–Kier alpha value is -1.55. The summed E-state index contributed by atoms with van der Waals surface area (Å²) >= 11 is 0. The van der Waals surface area contributed by atoms with Gasteiger partial charge in [-0.25, -0.2) is 0 Å². The van der Waals surface area contributed by atoms with E-state index in [9.17, 15) is 9.90 Å². The molecule has 1 amide bonds. The van der Waals surface area contributed by atoms with Gasteiger partial charge in [0.1, 0.15) is 5.75 Å². The zero-order valence-corrected chi connectivity index (χ0v) is 12.6. The maximum absolute atomic E-state index is 11.7. The van der Waals surface area contributed by atoms with E-state index in [0.29, 0.717) is 5.75 Å². The van der Waals surface area contributed by atoms with Crippen LogP contribution in [0.5, 0.6) is 5.75 Å². The van der Waals surface area contributed by atoms with Crippen LogP contribution in [0.15, 0.2) is 24.3 Å². The number of carbonyl (C=O) groups is 1. The lowest BCUT2D eigenvalue weighted by atomic mass is 9.97. The molecule has 0 saturated heterocycles. The number of ether oxygens (including phenoxy) is 1. The molecule has 1 unspecified atom stereocenters. The van der Waals surface area contributed by atoms with Crippen LogP contribution in [-0.2, 0) is 4.79 Å². The summed E-state index contributed by atoms with van der Waals surface area (Å²) in [6.07, 6.45) is 1.33. The Morgan fingerprint density at radius 2 is 2.05 bits per heavy atom. The molecule has 4 nitrogen and oxygen atoms in total. The number of aliphatic hydroxyl groups excluding tert-OH is 1. The van der Waals surface area contributed by atoms with E-state index >= 15 is 0 Å². The van der Waals surface area contributed by atoms with Crippen LogP contribution >= 0.6 is 0 Å². The molecule has 0 heterocycles. The number of carbonyl (C=O) groups excluding carboxylic acids is 1. The molecule has 0 aliphatic heterocycles. The van der Waals surface area contributed by atoms with Crippen LogP contribution in [0, 0.1) is 12.8 Å². The van der Waals surface area contributed by atoms with Crippen molar-refractivity contribution in [3.63, 3.8) is 0 Å². The molecule has 1 aromatic carbocycles. The highest BCUT2D eigenvalue weighted by molar-refractivity contribution is 5.77. The topological polar surface area (TPSA) is 58.6 Å². The summed E-state index contributed by atoms with van der Waals surface area (Å²) in [7, 11) is 0. The zero-order chi connectivity index (χ0) is 15.0. The predicted molar refractivity (Wildman–Crippen MR) is 79.8 cm³/mol. The minimum atomic E-state index is -0.493. The average Bonchev–Trinajstić information content (AvgIpc) is 2.44. The summed E-state index contributed by atoms with van der Waals surface area (Å²) < 4.78 is 5.40. The molecule has 0 spiro atoms. The molecule has 112 valence electrons. The molecule has 4 heteroatoms. The maximum atomic E-state index is 11.7. The van der Waals surface area contributed by atoms with Gasteiger partial charge in [-0.3, -0.25) is 4.79 Å². The van der Waals surface area contributed by atoms with Crippen molar-refractivity contribution < 1.29 is 14.6 Å². The van der Waals surface area contributed by atoms with Gasteiger partial charge in [-0.05, 0) is 30.5 Å². The van der Waals surface area contributed by atoms with E-state index in [1.807, 2.05) is 45.0 Å². The van der Waals surface area contributed by atoms with E-state index in [4.69, 9.17) is 4.74 Å². The highest BCUT2D eigenvalue weighted by Gasteiger charge is 2.16. The first-order valence-corrected chi connectivity index (χ1v) is 7.21. The van der Waals surface area contributed by atoms with Crippen molar-refractivity contribution in [2.24, 2.45) is 5.92 Å². The third-order valence-electron chi connectivity index (χ3n) is 3.46. The largest absolute Gasteiger partial charge is 0.484 e. The Labute approximate surface area is 121 Å². The summed E-state index contributed by atoms with van der Waals surface area (Å²) in [4.78, 5) is 11.7. The van der Waals surface area contributed by atoms with Gasteiger partial charge in [-0.2, -0.15) is 0 Å². The third-order valence-corrected chi connectivity index (χ3v) is 3.46. The van der Waals surface area contributed by atoms with Crippen molar-refractivity contribution in [3.8, 4) is 5.75 Å². The second kappa shape index (κ2) is 8.59. The third kappa shape index (κ3) is 5.61. The molecular weight excluding hydrogens is 254 g/mol. The molecule has 0 saturated carbocycles. The number of hydrogen-bond acceptors (Lipinski definition) is 3. The zero-order valence-electron chi connectivity index (χ0n) is 12.6. The van der Waals surface area contributed by atoms with Gasteiger partial charge < -0.3 is 15.2 Å². The Kier molecular flexibility index (Phi) is 7.09. The number of hydrogen-bond donors (Lipinski definition) is 2. The highest BCUT2D eigenvalue weighted by Crippen LogP contribution is 2.13. The molecule has 1 rings (SSSR count). The van der Waals surface area contributed by atoms with E-state index in [1.165, 1.54) is 0 Å². The summed E-state index contributed by atoms with van der Waals surface area (Å²) in [5, 5.41) is 12.6. The minimum Gasteiger partial charge on any atom is -0.484 e. The number of amides is 1. The molecular formula is C16H25NO3. The molecule has 1 aromatic rings. The van der Waals surface area contributed by atoms with Crippen LogP contribution in [0.1, 0.15) is 32.3 Å². The van der Waals surface area contributed by atoms with Gasteiger partial charge >= 0.3 is 0 Å². The first-order valence-electron chi connectivity index (χ1n) is 7.21. The Balaban J connectivity index is 2.30. The smallest absolute Gasteiger partial charge is 0.258 e. The average molecular weight is 279 g/mol. The van der Waals surface area contributed by atoms with Crippen molar-refractivity contribution in [2.45, 2.75) is 39.7 Å². The fourth-order valence-electron chi connectivity index (χ4n) is 2.12. The molecule has 0 fully saturated rings. The van der Waals surface area contributed by atoms with Crippen LogP contribution < -0.4 is 10.1 Å². The van der Waals surface area contributed by atoms with Gasteiger partial charge in [-0.1, -0.05) is 38.8 Å². The maximum Gasteiger partial charge on any atom is 0.258 e. The molecule has 0 aliphatic rings. The van der Waals surface area contributed by atoms with Gasteiger partial charge in [0, 0.05) is 6.54 Å². The van der Waals surface area contributed by atoms with Crippen molar-refractivity contribution in [2.75, 3.05) is 13.2 Å². The van der Waals surface area contributed by atoms with E-state index in [2.05, 4.69) is 5.32 Å². The van der Waals surface area contributed by atoms with Crippen molar-refractivity contribution in [1.82, 2.24) is 5.32 Å². The van der Waals surface area contributed by atoms with E-state index in [0.717, 1.165) is 18.4 Å². The quantitative estimate of drug-likeness (QED) is 0.767. The summed E-state index contributed by atoms with van der Waals surface area (Å²) in [5.74, 6) is 0.699. The number of rotatable bonds is 8. The van der Waals surface area contributed by atoms with Crippen LogP contribution in [0.4, 0.5) is 0 Å². The Morgan fingerprint density at radius 1 is 1.35 bits per heavy atom. The van der Waals surface area contributed by atoms with E-state index < -0.39 is 6.10 Å². The first kappa shape index (κ1) is 16.5. The minimum absolute atomic E-state index is 0.0287.